The quantitative estimate of drug-likeness (QED) is 0.760. The van der Waals surface area contributed by atoms with E-state index < -0.39 is 0 Å². The zero-order valence-corrected chi connectivity index (χ0v) is 9.48. The van der Waals surface area contributed by atoms with Crippen molar-refractivity contribution in [2.75, 3.05) is 0 Å². The number of amides is 1. The molecule has 1 atom stereocenters. The summed E-state index contributed by atoms with van der Waals surface area (Å²) in [5, 5.41) is 5.84. The summed E-state index contributed by atoms with van der Waals surface area (Å²) in [6.45, 7) is 0. The molecule has 1 aromatic rings. The van der Waals surface area contributed by atoms with Crippen molar-refractivity contribution in [1.29, 1.82) is 0 Å². The highest BCUT2D eigenvalue weighted by Gasteiger charge is 2.28. The van der Waals surface area contributed by atoms with Gasteiger partial charge in [-0.3, -0.25) is 4.79 Å². The Morgan fingerprint density at radius 2 is 1.93 bits per heavy atom. The zero-order valence-electron chi connectivity index (χ0n) is 7.08. The highest BCUT2D eigenvalue weighted by atomic mass is 79.9. The van der Waals surface area contributed by atoms with Gasteiger partial charge in [-0.15, -0.1) is 0 Å². The minimum Gasteiger partial charge on any atom is -0.347 e. The molecule has 1 aromatic carbocycles. The van der Waals surface area contributed by atoms with Crippen LogP contribution in [0.4, 0.5) is 0 Å². The third-order valence-corrected chi connectivity index (χ3v) is 2.73. The second kappa shape index (κ2) is 3.67. The fourth-order valence-electron chi connectivity index (χ4n) is 1.31. The molecule has 1 amide bonds. The topological polar surface area (TPSA) is 41.1 Å². The first-order valence-electron chi connectivity index (χ1n) is 4.03. The van der Waals surface area contributed by atoms with Crippen LogP contribution in [-0.4, -0.2) is 11.0 Å². The van der Waals surface area contributed by atoms with Crippen LogP contribution >= 0.6 is 28.1 Å². The molecule has 14 heavy (non-hydrogen) atoms. The minimum atomic E-state index is -0.351. The van der Waals surface area contributed by atoms with Crippen LogP contribution in [0, 0.1) is 0 Å². The van der Waals surface area contributed by atoms with Crippen LogP contribution in [0.25, 0.3) is 0 Å². The molecule has 1 aliphatic rings. The monoisotopic (exact) mass is 270 g/mol. The Morgan fingerprint density at radius 3 is 2.43 bits per heavy atom. The Kier molecular flexibility index (Phi) is 2.52. The standard InChI is InChI=1S/C9H7BrN2OS/c10-6-3-1-5(2-4-6)7-8(13)12-9(14)11-7/h1-4,7H,(H2,11,12,13,14). The van der Waals surface area contributed by atoms with E-state index in [-0.39, 0.29) is 11.9 Å². The predicted molar refractivity (Wildman–Crippen MR) is 60.8 cm³/mol. The Bertz CT molecular complexity index is 390. The molecular weight excluding hydrogens is 264 g/mol. The summed E-state index contributed by atoms with van der Waals surface area (Å²) in [7, 11) is 0. The lowest BCUT2D eigenvalue weighted by atomic mass is 10.1. The second-order valence-corrected chi connectivity index (χ2v) is 4.27. The van der Waals surface area contributed by atoms with Gasteiger partial charge in [-0.25, -0.2) is 0 Å². The largest absolute Gasteiger partial charge is 0.347 e. The normalized spacial score (nSPS) is 20.5. The van der Waals surface area contributed by atoms with Gasteiger partial charge in [-0.05, 0) is 29.9 Å². The van der Waals surface area contributed by atoms with Crippen LogP contribution in [0.5, 0.6) is 0 Å². The first-order chi connectivity index (χ1) is 6.66. The Hall–Kier alpha value is -0.940. The van der Waals surface area contributed by atoms with Gasteiger partial charge in [0.25, 0.3) is 5.91 Å². The third-order valence-electron chi connectivity index (χ3n) is 1.98. The van der Waals surface area contributed by atoms with E-state index in [0.717, 1.165) is 10.0 Å². The molecule has 5 heteroatoms. The van der Waals surface area contributed by atoms with E-state index in [2.05, 4.69) is 26.6 Å². The number of rotatable bonds is 1. The number of hydrogen-bond donors (Lipinski definition) is 2. The summed E-state index contributed by atoms with van der Waals surface area (Å²) in [5.74, 6) is -0.0997. The average molecular weight is 271 g/mol. The van der Waals surface area contributed by atoms with Crippen LogP contribution in [0.15, 0.2) is 28.7 Å². The number of hydrogen-bond acceptors (Lipinski definition) is 2. The van der Waals surface area contributed by atoms with Crippen molar-refractivity contribution in [3.63, 3.8) is 0 Å². The molecule has 0 spiro atoms. The van der Waals surface area contributed by atoms with Crippen molar-refractivity contribution in [3.05, 3.63) is 34.3 Å². The highest BCUT2D eigenvalue weighted by Crippen LogP contribution is 2.19. The van der Waals surface area contributed by atoms with Gasteiger partial charge < -0.3 is 10.6 Å². The molecule has 0 aliphatic carbocycles. The van der Waals surface area contributed by atoms with Gasteiger partial charge in [0, 0.05) is 4.47 Å². The molecule has 1 unspecified atom stereocenters. The van der Waals surface area contributed by atoms with Gasteiger partial charge in [-0.1, -0.05) is 28.1 Å². The van der Waals surface area contributed by atoms with Crippen molar-refractivity contribution in [2.24, 2.45) is 0 Å². The van der Waals surface area contributed by atoms with Gasteiger partial charge in [0.05, 0.1) is 0 Å². The number of carbonyl (C=O) groups excluding carboxylic acids is 1. The van der Waals surface area contributed by atoms with E-state index in [0.29, 0.717) is 5.11 Å². The van der Waals surface area contributed by atoms with E-state index in [1.807, 2.05) is 24.3 Å². The van der Waals surface area contributed by atoms with Gasteiger partial charge >= 0.3 is 0 Å². The SMILES string of the molecule is O=C1NC(=S)NC1c1ccc(Br)cc1. The number of nitrogens with one attached hydrogen (secondary N) is 2. The molecule has 1 saturated heterocycles. The third kappa shape index (κ3) is 1.78. The number of halogens is 1. The lowest BCUT2D eigenvalue weighted by Gasteiger charge is -2.07. The van der Waals surface area contributed by atoms with Crippen LogP contribution in [-0.2, 0) is 4.79 Å². The fraction of sp³-hybridized carbons (Fsp3) is 0.111. The molecule has 1 heterocycles. The summed E-state index contributed by atoms with van der Waals surface area (Å²) < 4.78 is 0.988. The molecular formula is C9H7BrN2OS. The highest BCUT2D eigenvalue weighted by molar-refractivity contribution is 9.10. The van der Waals surface area contributed by atoms with Gasteiger partial charge in [0.2, 0.25) is 0 Å². The fourth-order valence-corrected chi connectivity index (χ4v) is 1.79. The van der Waals surface area contributed by atoms with Crippen LogP contribution in [0.1, 0.15) is 11.6 Å². The Labute approximate surface area is 95.0 Å². The van der Waals surface area contributed by atoms with Crippen LogP contribution < -0.4 is 10.6 Å². The molecule has 0 saturated carbocycles. The average Bonchev–Trinajstić information content (AvgIpc) is 2.47. The lowest BCUT2D eigenvalue weighted by molar-refractivity contribution is -0.120. The lowest BCUT2D eigenvalue weighted by Crippen LogP contribution is -2.21. The molecule has 0 bridgehead atoms. The van der Waals surface area contributed by atoms with Gasteiger partial charge in [-0.2, -0.15) is 0 Å². The van der Waals surface area contributed by atoms with Crippen molar-refractivity contribution in [2.45, 2.75) is 6.04 Å². The van der Waals surface area contributed by atoms with E-state index in [9.17, 15) is 4.79 Å². The maximum absolute atomic E-state index is 11.4. The zero-order chi connectivity index (χ0) is 10.1. The second-order valence-electron chi connectivity index (χ2n) is 2.95. The summed E-state index contributed by atoms with van der Waals surface area (Å²) in [5.41, 5.74) is 0.908. The predicted octanol–water partition coefficient (Wildman–Crippen LogP) is 1.49. The van der Waals surface area contributed by atoms with Gasteiger partial charge in [0.1, 0.15) is 6.04 Å². The minimum absolute atomic E-state index is 0.0997. The van der Waals surface area contributed by atoms with E-state index in [1.165, 1.54) is 0 Å². The summed E-state index contributed by atoms with van der Waals surface area (Å²) in [6, 6.07) is 7.21. The number of thiocarbonyl (C=S) groups is 1. The molecule has 3 nitrogen and oxygen atoms in total. The summed E-state index contributed by atoms with van der Waals surface area (Å²) >= 11 is 8.18. The van der Waals surface area contributed by atoms with Gasteiger partial charge in [0.15, 0.2) is 5.11 Å². The molecule has 2 N–H and O–H groups in total. The molecule has 0 aromatic heterocycles. The molecule has 1 aliphatic heterocycles. The van der Waals surface area contributed by atoms with Crippen molar-refractivity contribution < 1.29 is 4.79 Å². The molecule has 2 rings (SSSR count). The first-order valence-corrected chi connectivity index (χ1v) is 5.24. The van der Waals surface area contributed by atoms with Crippen molar-refractivity contribution in [1.82, 2.24) is 10.6 Å². The Balaban J connectivity index is 2.27. The summed E-state index contributed by atoms with van der Waals surface area (Å²) in [4.78, 5) is 11.4. The van der Waals surface area contributed by atoms with Crippen molar-refractivity contribution >= 4 is 39.2 Å². The Morgan fingerprint density at radius 1 is 1.29 bits per heavy atom. The molecule has 1 fully saturated rings. The molecule has 0 radical (unpaired) electrons. The number of carbonyl (C=O) groups is 1. The van der Waals surface area contributed by atoms with E-state index in [1.54, 1.807) is 0 Å². The summed E-state index contributed by atoms with van der Waals surface area (Å²) in [6.07, 6.45) is 0. The smallest absolute Gasteiger partial charge is 0.253 e. The van der Waals surface area contributed by atoms with Crippen molar-refractivity contribution in [3.8, 4) is 0 Å². The van der Waals surface area contributed by atoms with Crippen LogP contribution in [0.2, 0.25) is 0 Å². The van der Waals surface area contributed by atoms with E-state index >= 15 is 0 Å². The number of benzene rings is 1. The maximum atomic E-state index is 11.4. The van der Waals surface area contributed by atoms with E-state index in [4.69, 9.17) is 12.2 Å². The maximum Gasteiger partial charge on any atom is 0.253 e. The molecule has 72 valence electrons. The van der Waals surface area contributed by atoms with Crippen LogP contribution in [0.3, 0.4) is 0 Å². The first kappa shape index (κ1) is 9.61.